The molecule has 0 aliphatic rings. The number of alkyl halides is 3. The molecule has 6 heteroatoms. The van der Waals surface area contributed by atoms with E-state index >= 15 is 0 Å². The summed E-state index contributed by atoms with van der Waals surface area (Å²) in [5, 5.41) is 0. The zero-order valence-corrected chi connectivity index (χ0v) is 7.98. The summed E-state index contributed by atoms with van der Waals surface area (Å²) in [6.45, 7) is -1.17. The molecule has 0 aliphatic carbocycles. The van der Waals surface area contributed by atoms with E-state index in [4.69, 9.17) is 5.73 Å². The van der Waals surface area contributed by atoms with Crippen LogP contribution in [0.3, 0.4) is 0 Å². The molecule has 0 aromatic heterocycles. The van der Waals surface area contributed by atoms with Crippen molar-refractivity contribution in [3.05, 3.63) is 24.0 Å². The third-order valence-corrected chi connectivity index (χ3v) is 1.82. The molecule has 0 saturated heterocycles. The number of rotatable bonds is 2. The molecule has 0 atom stereocenters. The second kappa shape index (κ2) is 3.96. The molecule has 0 heterocycles. The van der Waals surface area contributed by atoms with Crippen LogP contribution in [0.15, 0.2) is 18.2 Å². The molecule has 0 amide bonds. The Hall–Kier alpha value is -1.46. The Balaban J connectivity index is 2.90. The Morgan fingerprint density at radius 1 is 1.33 bits per heavy atom. The third-order valence-electron chi connectivity index (χ3n) is 1.82. The first-order valence-electron chi connectivity index (χ1n) is 4.12. The maximum absolute atomic E-state index is 12.8. The van der Waals surface area contributed by atoms with Gasteiger partial charge in [-0.05, 0) is 18.2 Å². The van der Waals surface area contributed by atoms with Crippen molar-refractivity contribution in [1.29, 1.82) is 0 Å². The summed E-state index contributed by atoms with van der Waals surface area (Å²) in [5.74, 6) is -0.617. The molecule has 0 aliphatic heterocycles. The first-order chi connectivity index (χ1) is 6.79. The van der Waals surface area contributed by atoms with Gasteiger partial charge in [0.2, 0.25) is 0 Å². The zero-order valence-electron chi connectivity index (χ0n) is 7.98. The molecule has 0 bridgehead atoms. The van der Waals surface area contributed by atoms with Gasteiger partial charge >= 0.3 is 6.18 Å². The van der Waals surface area contributed by atoms with E-state index in [9.17, 15) is 17.6 Å². The maximum atomic E-state index is 12.8. The topological polar surface area (TPSA) is 29.3 Å². The van der Waals surface area contributed by atoms with Gasteiger partial charge in [-0.25, -0.2) is 4.39 Å². The molecule has 2 N–H and O–H groups in total. The van der Waals surface area contributed by atoms with E-state index in [0.717, 1.165) is 17.0 Å². The van der Waals surface area contributed by atoms with Gasteiger partial charge in [0.05, 0.1) is 11.4 Å². The van der Waals surface area contributed by atoms with Crippen LogP contribution in [0.5, 0.6) is 0 Å². The molecule has 84 valence electrons. The standard InChI is InChI=1S/C9H10F4N2/c1-15(5-9(11,12)13)8-4-6(10)2-3-7(8)14/h2-4H,5,14H2,1H3. The Morgan fingerprint density at radius 2 is 1.93 bits per heavy atom. The van der Waals surface area contributed by atoms with Crippen molar-refractivity contribution in [2.75, 3.05) is 24.2 Å². The van der Waals surface area contributed by atoms with Crippen LogP contribution in [0.4, 0.5) is 28.9 Å². The van der Waals surface area contributed by atoms with E-state index < -0.39 is 18.5 Å². The van der Waals surface area contributed by atoms with E-state index in [1.54, 1.807) is 0 Å². The predicted molar refractivity (Wildman–Crippen MR) is 50.1 cm³/mol. The average Bonchev–Trinajstić information content (AvgIpc) is 2.06. The fourth-order valence-electron chi connectivity index (χ4n) is 1.20. The van der Waals surface area contributed by atoms with Gasteiger partial charge in [-0.15, -0.1) is 0 Å². The molecule has 1 aromatic rings. The van der Waals surface area contributed by atoms with Crippen LogP contribution in [0.25, 0.3) is 0 Å². The summed E-state index contributed by atoms with van der Waals surface area (Å²) in [4.78, 5) is 0.860. The number of nitrogen functional groups attached to an aromatic ring is 1. The smallest absolute Gasteiger partial charge is 0.397 e. The molecule has 0 fully saturated rings. The molecule has 1 aromatic carbocycles. The number of hydrogen-bond acceptors (Lipinski definition) is 2. The molecule has 0 unspecified atom stereocenters. The van der Waals surface area contributed by atoms with Gasteiger partial charge in [-0.1, -0.05) is 0 Å². The Kier molecular flexibility index (Phi) is 3.06. The van der Waals surface area contributed by atoms with E-state index in [0.29, 0.717) is 0 Å². The van der Waals surface area contributed by atoms with Crippen LogP contribution < -0.4 is 10.6 Å². The Morgan fingerprint density at radius 3 is 2.47 bits per heavy atom. The minimum absolute atomic E-state index is 0.0346. The lowest BCUT2D eigenvalue weighted by molar-refractivity contribution is -0.119. The molecule has 0 radical (unpaired) electrons. The largest absolute Gasteiger partial charge is 0.405 e. The van der Waals surface area contributed by atoms with Crippen LogP contribution in [0.2, 0.25) is 0 Å². The minimum Gasteiger partial charge on any atom is -0.397 e. The number of nitrogens with two attached hydrogens (primary N) is 1. The SMILES string of the molecule is CN(CC(F)(F)F)c1cc(F)ccc1N. The number of halogens is 4. The summed E-state index contributed by atoms with van der Waals surface area (Å²) in [6.07, 6.45) is -4.34. The Labute approximate surface area is 84.3 Å². The lowest BCUT2D eigenvalue weighted by Gasteiger charge is -2.22. The second-order valence-electron chi connectivity index (χ2n) is 3.17. The van der Waals surface area contributed by atoms with Gasteiger partial charge in [0, 0.05) is 7.05 Å². The monoisotopic (exact) mass is 222 g/mol. The highest BCUT2D eigenvalue weighted by atomic mass is 19.4. The van der Waals surface area contributed by atoms with Crippen LogP contribution >= 0.6 is 0 Å². The van der Waals surface area contributed by atoms with E-state index in [1.807, 2.05) is 0 Å². The lowest BCUT2D eigenvalue weighted by Crippen LogP contribution is -2.31. The number of anilines is 2. The van der Waals surface area contributed by atoms with Crippen molar-refractivity contribution in [2.24, 2.45) is 0 Å². The quantitative estimate of drug-likeness (QED) is 0.615. The van der Waals surface area contributed by atoms with Gasteiger partial charge in [0.25, 0.3) is 0 Å². The normalized spacial score (nSPS) is 11.5. The summed E-state index contributed by atoms with van der Waals surface area (Å²) in [7, 11) is 1.21. The first-order valence-corrected chi connectivity index (χ1v) is 4.12. The molecule has 15 heavy (non-hydrogen) atoms. The molecule has 1 rings (SSSR count). The van der Waals surface area contributed by atoms with Crippen molar-refractivity contribution in [3.63, 3.8) is 0 Å². The summed E-state index contributed by atoms with van der Waals surface area (Å²) >= 11 is 0. The van der Waals surface area contributed by atoms with Crippen LogP contribution in [-0.2, 0) is 0 Å². The third kappa shape index (κ3) is 3.30. The molecule has 2 nitrogen and oxygen atoms in total. The van der Waals surface area contributed by atoms with E-state index in [1.165, 1.54) is 13.1 Å². The van der Waals surface area contributed by atoms with Crippen LogP contribution in [0, 0.1) is 5.82 Å². The number of nitrogens with zero attached hydrogens (tertiary/aromatic N) is 1. The minimum atomic E-state index is -4.34. The van der Waals surface area contributed by atoms with Gasteiger partial charge in [0.15, 0.2) is 0 Å². The fourth-order valence-corrected chi connectivity index (χ4v) is 1.20. The van der Waals surface area contributed by atoms with Gasteiger partial charge in [-0.3, -0.25) is 0 Å². The average molecular weight is 222 g/mol. The highest BCUT2D eigenvalue weighted by Gasteiger charge is 2.29. The molecule has 0 saturated carbocycles. The van der Waals surface area contributed by atoms with Crippen molar-refractivity contribution < 1.29 is 17.6 Å². The van der Waals surface area contributed by atoms with Crippen LogP contribution in [0.1, 0.15) is 0 Å². The van der Waals surface area contributed by atoms with Crippen molar-refractivity contribution in [1.82, 2.24) is 0 Å². The van der Waals surface area contributed by atoms with Gasteiger partial charge in [-0.2, -0.15) is 13.2 Å². The van der Waals surface area contributed by atoms with E-state index in [2.05, 4.69) is 0 Å². The first kappa shape index (κ1) is 11.6. The molecular formula is C9H10F4N2. The lowest BCUT2D eigenvalue weighted by atomic mass is 10.2. The molecular weight excluding hydrogens is 212 g/mol. The Bertz CT molecular complexity index is 348. The van der Waals surface area contributed by atoms with Gasteiger partial charge in [0.1, 0.15) is 12.4 Å². The predicted octanol–water partition coefficient (Wildman–Crippen LogP) is 2.41. The highest BCUT2D eigenvalue weighted by molar-refractivity contribution is 5.67. The van der Waals surface area contributed by atoms with Crippen molar-refractivity contribution >= 4 is 11.4 Å². The van der Waals surface area contributed by atoms with Crippen LogP contribution in [-0.4, -0.2) is 19.8 Å². The van der Waals surface area contributed by atoms with Crippen molar-refractivity contribution in [3.8, 4) is 0 Å². The summed E-state index contributed by atoms with van der Waals surface area (Å²) < 4.78 is 48.9. The van der Waals surface area contributed by atoms with Gasteiger partial charge < -0.3 is 10.6 Å². The summed E-state index contributed by atoms with van der Waals surface area (Å²) in [6, 6.07) is 3.30. The number of benzene rings is 1. The van der Waals surface area contributed by atoms with E-state index in [-0.39, 0.29) is 11.4 Å². The summed E-state index contributed by atoms with van der Waals surface area (Å²) in [5.41, 5.74) is 5.58. The fraction of sp³-hybridized carbons (Fsp3) is 0.333. The number of hydrogen-bond donors (Lipinski definition) is 1. The zero-order chi connectivity index (χ0) is 11.6. The van der Waals surface area contributed by atoms with Crippen molar-refractivity contribution in [2.45, 2.75) is 6.18 Å². The highest BCUT2D eigenvalue weighted by Crippen LogP contribution is 2.26. The maximum Gasteiger partial charge on any atom is 0.405 e. The molecule has 0 spiro atoms. The second-order valence-corrected chi connectivity index (χ2v) is 3.17.